The molecule has 6 nitrogen and oxygen atoms in total. The summed E-state index contributed by atoms with van der Waals surface area (Å²) in [5.41, 5.74) is 2.74. The van der Waals surface area contributed by atoms with Gasteiger partial charge in [0.1, 0.15) is 5.82 Å². The first-order valence-corrected chi connectivity index (χ1v) is 8.73. The average Bonchev–Trinajstić information content (AvgIpc) is 3.13. The lowest BCUT2D eigenvalue weighted by Gasteiger charge is -2.24. The van der Waals surface area contributed by atoms with Gasteiger partial charge in [0.05, 0.1) is 39.4 Å². The van der Waals surface area contributed by atoms with Gasteiger partial charge in [-0.2, -0.15) is 0 Å². The minimum atomic E-state index is -1.87. The first kappa shape index (κ1) is 18.9. The van der Waals surface area contributed by atoms with Crippen molar-refractivity contribution in [1.82, 2.24) is 19.5 Å². The van der Waals surface area contributed by atoms with Crippen LogP contribution in [-0.2, 0) is 17.1 Å². The van der Waals surface area contributed by atoms with E-state index in [0.717, 1.165) is 16.6 Å². The third kappa shape index (κ3) is 3.63. The van der Waals surface area contributed by atoms with Gasteiger partial charge in [0, 0.05) is 24.2 Å². The van der Waals surface area contributed by atoms with Gasteiger partial charge < -0.3 is 4.57 Å². The molecular formula is C20H14B2FN5O. The highest BCUT2D eigenvalue weighted by molar-refractivity contribution is 6.52. The Labute approximate surface area is 169 Å². The van der Waals surface area contributed by atoms with E-state index in [1.807, 2.05) is 29.8 Å². The van der Waals surface area contributed by atoms with Crippen molar-refractivity contribution in [3.05, 3.63) is 72.6 Å². The van der Waals surface area contributed by atoms with Gasteiger partial charge >= 0.3 is 0 Å². The standard InChI is InChI=1S/C20H14B2FN5O/c1-28-11-24-10-17(28)12-2-3-13-9-25-19(26-16(13)8-12)27-18(29)20(21,22)14-4-6-15(23)7-5-14/h2-11H,1H3,(H,25,26,27,29). The molecule has 4 radical (unpaired) electrons. The predicted octanol–water partition coefficient (Wildman–Crippen LogP) is 2.30. The molecule has 4 rings (SSSR count). The van der Waals surface area contributed by atoms with E-state index in [1.165, 1.54) is 24.3 Å². The van der Waals surface area contributed by atoms with Gasteiger partial charge in [0.2, 0.25) is 11.9 Å². The number of nitrogens with zero attached hydrogens (tertiary/aromatic N) is 4. The normalized spacial score (nSPS) is 11.5. The fourth-order valence-corrected chi connectivity index (χ4v) is 2.94. The summed E-state index contributed by atoms with van der Waals surface area (Å²) in [4.78, 5) is 25.3. The number of anilines is 1. The Hall–Kier alpha value is -3.48. The molecule has 138 valence electrons. The molecule has 0 aliphatic heterocycles. The quantitative estimate of drug-likeness (QED) is 0.551. The molecule has 2 aromatic heterocycles. The third-order valence-electron chi connectivity index (χ3n) is 4.62. The van der Waals surface area contributed by atoms with Crippen molar-refractivity contribution in [1.29, 1.82) is 0 Å². The van der Waals surface area contributed by atoms with Gasteiger partial charge in [0.15, 0.2) is 0 Å². The van der Waals surface area contributed by atoms with Gasteiger partial charge in [-0.3, -0.25) is 10.1 Å². The zero-order valence-electron chi connectivity index (χ0n) is 15.5. The summed E-state index contributed by atoms with van der Waals surface area (Å²) < 4.78 is 15.0. The molecule has 1 amide bonds. The molecule has 2 aromatic carbocycles. The molecule has 0 bridgehead atoms. The Morgan fingerprint density at radius 1 is 1.14 bits per heavy atom. The summed E-state index contributed by atoms with van der Waals surface area (Å²) in [6, 6.07) is 10.8. The molecule has 2 heterocycles. The summed E-state index contributed by atoms with van der Waals surface area (Å²) in [6.45, 7) is 0. The minimum absolute atomic E-state index is 0.0621. The second-order valence-corrected chi connectivity index (χ2v) is 6.69. The van der Waals surface area contributed by atoms with Crippen LogP contribution in [0.4, 0.5) is 10.3 Å². The Morgan fingerprint density at radius 3 is 2.59 bits per heavy atom. The number of aryl methyl sites for hydroxylation is 1. The van der Waals surface area contributed by atoms with Crippen LogP contribution in [0.15, 0.2) is 61.2 Å². The summed E-state index contributed by atoms with van der Waals surface area (Å²) in [5.74, 6) is -1.11. The molecule has 0 spiro atoms. The van der Waals surface area contributed by atoms with Crippen LogP contribution >= 0.6 is 0 Å². The van der Waals surface area contributed by atoms with E-state index in [0.29, 0.717) is 5.52 Å². The molecule has 29 heavy (non-hydrogen) atoms. The fourth-order valence-electron chi connectivity index (χ4n) is 2.94. The lowest BCUT2D eigenvalue weighted by molar-refractivity contribution is -0.117. The molecule has 0 aliphatic rings. The topological polar surface area (TPSA) is 72.7 Å². The zero-order valence-corrected chi connectivity index (χ0v) is 15.5. The van der Waals surface area contributed by atoms with E-state index in [4.69, 9.17) is 15.7 Å². The van der Waals surface area contributed by atoms with Crippen LogP contribution < -0.4 is 5.32 Å². The molecule has 4 aromatic rings. The van der Waals surface area contributed by atoms with Crippen LogP contribution in [0.5, 0.6) is 0 Å². The number of benzene rings is 2. The van der Waals surface area contributed by atoms with E-state index >= 15 is 0 Å². The molecular weight excluding hydrogens is 367 g/mol. The number of hydrogen-bond acceptors (Lipinski definition) is 4. The van der Waals surface area contributed by atoms with Gasteiger partial charge in [-0.15, -0.1) is 0 Å². The van der Waals surface area contributed by atoms with Crippen molar-refractivity contribution in [3.8, 4) is 11.3 Å². The molecule has 1 N–H and O–H groups in total. The number of imidazole rings is 1. The molecule has 0 unspecified atom stereocenters. The first-order chi connectivity index (χ1) is 13.8. The second-order valence-electron chi connectivity index (χ2n) is 6.69. The van der Waals surface area contributed by atoms with E-state index in [-0.39, 0.29) is 11.5 Å². The largest absolute Gasteiger partial charge is 0.334 e. The van der Waals surface area contributed by atoms with Gasteiger partial charge in [-0.1, -0.05) is 24.3 Å². The SMILES string of the molecule is [B]C([B])(C(=O)Nc1ncc2ccc(-c3cncn3C)cc2n1)c1ccc(F)cc1. The molecule has 0 aliphatic carbocycles. The maximum atomic E-state index is 13.1. The number of fused-ring (bicyclic) bond motifs is 1. The Bertz CT molecular complexity index is 1210. The van der Waals surface area contributed by atoms with Crippen LogP contribution in [-0.4, -0.2) is 41.1 Å². The van der Waals surface area contributed by atoms with Gasteiger partial charge in [-0.05, 0) is 29.0 Å². The number of rotatable bonds is 4. The lowest BCUT2D eigenvalue weighted by atomic mass is 9.50. The van der Waals surface area contributed by atoms with Gasteiger partial charge in [-0.25, -0.2) is 19.3 Å². The number of nitrogens with one attached hydrogen (secondary N) is 1. The Morgan fingerprint density at radius 2 is 1.90 bits per heavy atom. The number of aromatic nitrogens is 4. The Kier molecular flexibility index (Phi) is 4.66. The highest BCUT2D eigenvalue weighted by Gasteiger charge is 2.29. The minimum Gasteiger partial charge on any atom is -0.334 e. The maximum Gasteiger partial charge on any atom is 0.229 e. The lowest BCUT2D eigenvalue weighted by Crippen LogP contribution is -2.41. The van der Waals surface area contributed by atoms with Crippen LogP contribution in [0.2, 0.25) is 0 Å². The van der Waals surface area contributed by atoms with Crippen molar-refractivity contribution in [2.75, 3.05) is 5.32 Å². The number of hydrogen-bond donors (Lipinski definition) is 1. The van der Waals surface area contributed by atoms with Crippen LogP contribution in [0, 0.1) is 5.82 Å². The highest BCUT2D eigenvalue weighted by Crippen LogP contribution is 2.24. The molecule has 0 saturated heterocycles. The van der Waals surface area contributed by atoms with Crippen molar-refractivity contribution in [2.45, 2.75) is 5.21 Å². The number of carbonyl (C=O) groups is 1. The van der Waals surface area contributed by atoms with Crippen molar-refractivity contribution in [2.24, 2.45) is 7.05 Å². The summed E-state index contributed by atoms with van der Waals surface area (Å²) in [6.07, 6.45) is 5.06. The molecule has 0 saturated carbocycles. The van der Waals surface area contributed by atoms with E-state index < -0.39 is 16.9 Å². The monoisotopic (exact) mass is 381 g/mol. The molecule has 0 fully saturated rings. The predicted molar refractivity (Wildman–Crippen MR) is 110 cm³/mol. The number of halogens is 1. The van der Waals surface area contributed by atoms with Crippen molar-refractivity contribution < 1.29 is 9.18 Å². The number of amides is 1. The van der Waals surface area contributed by atoms with Crippen LogP contribution in [0.3, 0.4) is 0 Å². The third-order valence-corrected chi connectivity index (χ3v) is 4.62. The van der Waals surface area contributed by atoms with E-state index in [2.05, 4.69) is 20.3 Å². The summed E-state index contributed by atoms with van der Waals surface area (Å²) in [7, 11) is 13.8. The first-order valence-electron chi connectivity index (χ1n) is 8.73. The van der Waals surface area contributed by atoms with Crippen molar-refractivity contribution >= 4 is 38.5 Å². The summed E-state index contributed by atoms with van der Waals surface area (Å²) in [5, 5.41) is 1.46. The average molecular weight is 381 g/mol. The van der Waals surface area contributed by atoms with Gasteiger partial charge in [0.25, 0.3) is 0 Å². The summed E-state index contributed by atoms with van der Waals surface area (Å²) >= 11 is 0. The fraction of sp³-hybridized carbons (Fsp3) is 0.100. The van der Waals surface area contributed by atoms with Crippen molar-refractivity contribution in [3.63, 3.8) is 0 Å². The van der Waals surface area contributed by atoms with E-state index in [1.54, 1.807) is 18.7 Å². The maximum absolute atomic E-state index is 13.1. The smallest absolute Gasteiger partial charge is 0.229 e. The Balaban J connectivity index is 1.63. The second kappa shape index (κ2) is 7.16. The number of carbonyl (C=O) groups excluding carboxylic acids is 1. The van der Waals surface area contributed by atoms with E-state index in [9.17, 15) is 9.18 Å². The highest BCUT2D eigenvalue weighted by atomic mass is 19.1. The van der Waals surface area contributed by atoms with Crippen LogP contribution in [0.1, 0.15) is 5.56 Å². The molecule has 9 heteroatoms. The van der Waals surface area contributed by atoms with Crippen LogP contribution in [0.25, 0.3) is 22.2 Å². The zero-order chi connectivity index (χ0) is 20.6. The molecule has 0 atom stereocenters.